The van der Waals surface area contributed by atoms with Crippen LogP contribution in [0, 0.1) is 13.8 Å². The Hall–Kier alpha value is -0.920. The molecule has 0 radical (unpaired) electrons. The maximum Gasteiger partial charge on any atom is 0.273 e. The molecule has 0 fully saturated rings. The highest BCUT2D eigenvalue weighted by atomic mass is 19.3. The molecule has 0 heterocycles. The molecule has 0 bridgehead atoms. The zero-order valence-electron chi connectivity index (χ0n) is 10.2. The zero-order valence-corrected chi connectivity index (χ0v) is 10.2. The van der Waals surface area contributed by atoms with Gasteiger partial charge in [-0.2, -0.15) is 0 Å². The van der Waals surface area contributed by atoms with Crippen LogP contribution in [0.1, 0.15) is 43.9 Å². The molecule has 0 atom stereocenters. The van der Waals surface area contributed by atoms with Crippen LogP contribution in [0.25, 0.3) is 0 Å². The minimum atomic E-state index is -2.68. The maximum absolute atomic E-state index is 13.3. The lowest BCUT2D eigenvalue weighted by molar-refractivity contribution is -0.00889. The monoisotopic (exact) mass is 214 g/mol. The van der Waals surface area contributed by atoms with Crippen LogP contribution in [-0.4, -0.2) is 0 Å². The van der Waals surface area contributed by atoms with Crippen molar-refractivity contribution in [1.29, 1.82) is 0 Å². The van der Waals surface area contributed by atoms with Crippen molar-refractivity contribution >= 4 is 0 Å². The van der Waals surface area contributed by atoms with Gasteiger partial charge in [0.2, 0.25) is 0 Å². The molecule has 0 saturated heterocycles. The molecule has 0 aliphatic rings. The van der Waals surface area contributed by atoms with Gasteiger partial charge in [-0.3, -0.25) is 0 Å². The minimum absolute atomic E-state index is 0.142. The Labute approximate surface area is 91.3 Å². The molecule has 2 heteroatoms. The summed E-state index contributed by atoms with van der Waals surface area (Å²) in [5.74, 6) is -2.68. The van der Waals surface area contributed by atoms with Crippen molar-refractivity contribution in [1.82, 2.24) is 0 Å². The van der Waals surface area contributed by atoms with E-state index in [-0.39, 0.29) is 12.0 Å². The molecule has 0 unspecified atom stereocenters. The van der Waals surface area contributed by atoms with Crippen LogP contribution in [0.5, 0.6) is 0 Å². The first kappa shape index (κ1) is 14.1. The van der Waals surface area contributed by atoms with Crippen molar-refractivity contribution in [2.45, 2.75) is 47.0 Å². The van der Waals surface area contributed by atoms with Crippen molar-refractivity contribution in [2.24, 2.45) is 0 Å². The number of hydrogen-bond acceptors (Lipinski definition) is 0. The van der Waals surface area contributed by atoms with Gasteiger partial charge in [-0.05, 0) is 19.4 Å². The second kappa shape index (κ2) is 5.84. The lowest BCUT2D eigenvalue weighted by Gasteiger charge is -2.17. The molecule has 1 aromatic carbocycles. The van der Waals surface area contributed by atoms with Gasteiger partial charge in [-0.1, -0.05) is 44.5 Å². The Morgan fingerprint density at radius 3 is 2.07 bits per heavy atom. The summed E-state index contributed by atoms with van der Waals surface area (Å²) in [5, 5.41) is 0. The minimum Gasteiger partial charge on any atom is -0.201 e. The van der Waals surface area contributed by atoms with Gasteiger partial charge in [-0.25, -0.2) is 8.78 Å². The summed E-state index contributed by atoms with van der Waals surface area (Å²) in [7, 11) is 0. The van der Waals surface area contributed by atoms with Gasteiger partial charge in [0.15, 0.2) is 0 Å². The van der Waals surface area contributed by atoms with E-state index in [1.165, 1.54) is 13.0 Å². The van der Waals surface area contributed by atoms with Gasteiger partial charge in [0.25, 0.3) is 5.92 Å². The third kappa shape index (κ3) is 3.61. The second-order valence-electron chi connectivity index (χ2n) is 3.38. The van der Waals surface area contributed by atoms with E-state index in [0.717, 1.165) is 5.56 Å². The van der Waals surface area contributed by atoms with Gasteiger partial charge >= 0.3 is 0 Å². The lowest BCUT2D eigenvalue weighted by Crippen LogP contribution is -2.13. The van der Waals surface area contributed by atoms with Crippen molar-refractivity contribution in [3.05, 3.63) is 34.9 Å². The van der Waals surface area contributed by atoms with Crippen molar-refractivity contribution in [3.8, 4) is 0 Å². The van der Waals surface area contributed by atoms with Crippen LogP contribution in [0.4, 0.5) is 8.78 Å². The first-order chi connectivity index (χ1) is 6.97. The molecule has 0 amide bonds. The summed E-state index contributed by atoms with van der Waals surface area (Å²) >= 11 is 0. The third-order valence-electron chi connectivity index (χ3n) is 2.22. The summed E-state index contributed by atoms with van der Waals surface area (Å²) in [4.78, 5) is 0. The molecule has 0 spiro atoms. The fourth-order valence-corrected chi connectivity index (χ4v) is 1.41. The van der Waals surface area contributed by atoms with Gasteiger partial charge in [0.05, 0.1) is 0 Å². The summed E-state index contributed by atoms with van der Waals surface area (Å²) in [6, 6.07) is 5.04. The van der Waals surface area contributed by atoms with Crippen LogP contribution in [0.15, 0.2) is 18.2 Å². The molecular weight excluding hydrogens is 194 g/mol. The van der Waals surface area contributed by atoms with Gasteiger partial charge in [0, 0.05) is 12.0 Å². The highest BCUT2D eigenvalue weighted by Gasteiger charge is 2.30. The lowest BCUT2D eigenvalue weighted by atomic mass is 9.99. The number of aryl methyl sites for hydroxylation is 2. The zero-order chi connectivity index (χ0) is 12.1. The standard InChI is InChI=1S/C11H14F2.C2H6/c1-4-11(12,13)10-6-5-8(2)7-9(10)3;1-2/h5-7H,4H2,1-3H3;1-2H3. The summed E-state index contributed by atoms with van der Waals surface area (Å²) in [6.45, 7) is 9.13. The van der Waals surface area contributed by atoms with Crippen LogP contribution in [-0.2, 0) is 5.92 Å². The van der Waals surface area contributed by atoms with Crippen molar-refractivity contribution in [3.63, 3.8) is 0 Å². The SMILES string of the molecule is CC.CCC(F)(F)c1ccc(C)cc1C. The van der Waals surface area contributed by atoms with E-state index >= 15 is 0 Å². The number of rotatable bonds is 2. The molecule has 0 aromatic heterocycles. The van der Waals surface area contributed by atoms with Gasteiger partial charge in [0.1, 0.15) is 0 Å². The second-order valence-corrected chi connectivity index (χ2v) is 3.38. The summed E-state index contributed by atoms with van der Waals surface area (Å²) < 4.78 is 26.6. The molecule has 1 aromatic rings. The van der Waals surface area contributed by atoms with Gasteiger partial charge < -0.3 is 0 Å². The van der Waals surface area contributed by atoms with Gasteiger partial charge in [-0.15, -0.1) is 0 Å². The first-order valence-electron chi connectivity index (χ1n) is 5.43. The van der Waals surface area contributed by atoms with Crippen molar-refractivity contribution in [2.75, 3.05) is 0 Å². The Kier molecular flexibility index (Phi) is 5.48. The molecule has 0 saturated carbocycles. The Bertz CT molecular complexity index is 303. The third-order valence-corrected chi connectivity index (χ3v) is 2.22. The van der Waals surface area contributed by atoms with Crippen LogP contribution in [0.2, 0.25) is 0 Å². The van der Waals surface area contributed by atoms with Crippen LogP contribution < -0.4 is 0 Å². The summed E-state index contributed by atoms with van der Waals surface area (Å²) in [5.41, 5.74) is 1.85. The van der Waals surface area contributed by atoms with Crippen LogP contribution in [0.3, 0.4) is 0 Å². The number of halogens is 2. The number of alkyl halides is 2. The first-order valence-corrected chi connectivity index (χ1v) is 5.43. The fourth-order valence-electron chi connectivity index (χ4n) is 1.41. The largest absolute Gasteiger partial charge is 0.273 e. The molecule has 0 N–H and O–H groups in total. The molecule has 86 valence electrons. The van der Waals surface area contributed by atoms with E-state index < -0.39 is 5.92 Å². The van der Waals surface area contributed by atoms with Crippen molar-refractivity contribution < 1.29 is 8.78 Å². The van der Waals surface area contributed by atoms with E-state index in [0.29, 0.717) is 5.56 Å². The number of hydrogen-bond donors (Lipinski definition) is 0. The fraction of sp³-hybridized carbons (Fsp3) is 0.538. The molecular formula is C13H20F2. The van der Waals surface area contributed by atoms with E-state index in [1.54, 1.807) is 19.1 Å². The van der Waals surface area contributed by atoms with E-state index in [2.05, 4.69) is 0 Å². The predicted octanol–water partition coefficient (Wildman–Crippen LogP) is 4.83. The molecule has 0 aliphatic carbocycles. The Morgan fingerprint density at radius 2 is 1.67 bits per heavy atom. The van der Waals surface area contributed by atoms with E-state index in [1.807, 2.05) is 20.8 Å². The molecule has 15 heavy (non-hydrogen) atoms. The average molecular weight is 214 g/mol. The molecule has 0 aliphatic heterocycles. The van der Waals surface area contributed by atoms with Crippen LogP contribution >= 0.6 is 0 Å². The summed E-state index contributed by atoms with van der Waals surface area (Å²) in [6.07, 6.45) is -0.142. The normalized spacial score (nSPS) is 10.6. The van der Waals surface area contributed by atoms with E-state index in [4.69, 9.17) is 0 Å². The molecule has 0 nitrogen and oxygen atoms in total. The Balaban J connectivity index is 0.000000921. The topological polar surface area (TPSA) is 0 Å². The predicted molar refractivity (Wildman–Crippen MR) is 61.4 cm³/mol. The maximum atomic E-state index is 13.3. The highest BCUT2D eigenvalue weighted by Crippen LogP contribution is 2.33. The van der Waals surface area contributed by atoms with E-state index in [9.17, 15) is 8.78 Å². The smallest absolute Gasteiger partial charge is 0.201 e. The quantitative estimate of drug-likeness (QED) is 0.661. The Morgan fingerprint density at radius 1 is 1.13 bits per heavy atom. The highest BCUT2D eigenvalue weighted by molar-refractivity contribution is 5.33. The molecule has 1 rings (SSSR count). The average Bonchev–Trinajstić information content (AvgIpc) is 2.20. The number of benzene rings is 1.